The van der Waals surface area contributed by atoms with Crippen LogP contribution in [0, 0.1) is 0 Å². The smallest absolute Gasteiger partial charge is 0.126 e. The van der Waals surface area contributed by atoms with Gasteiger partial charge in [-0.2, -0.15) is 0 Å². The van der Waals surface area contributed by atoms with Gasteiger partial charge in [-0.15, -0.1) is 9.24 Å². The molecule has 2 radical (unpaired) electrons. The van der Waals surface area contributed by atoms with Crippen molar-refractivity contribution >= 4 is 39.7 Å². The van der Waals surface area contributed by atoms with Gasteiger partial charge >= 0.3 is 0 Å². The lowest BCUT2D eigenvalue weighted by molar-refractivity contribution is 0.0682. The fourth-order valence-corrected chi connectivity index (χ4v) is 5.41. The molecule has 1 saturated carbocycles. The summed E-state index contributed by atoms with van der Waals surface area (Å²) in [6.07, 6.45) is 1.85. The van der Waals surface area contributed by atoms with E-state index in [0.717, 1.165) is 6.42 Å². The maximum Gasteiger partial charge on any atom is 0.126 e. The highest BCUT2D eigenvalue weighted by atomic mass is 127. The van der Waals surface area contributed by atoms with E-state index in [0.29, 0.717) is 12.8 Å². The Kier molecular flexibility index (Phi) is 2.95. The topological polar surface area (TPSA) is 9.23 Å². The molecule has 2 aliphatic rings. The average molecular weight is 326 g/mol. The van der Waals surface area contributed by atoms with Gasteiger partial charge in [-0.25, -0.2) is 4.39 Å². The van der Waals surface area contributed by atoms with E-state index in [4.69, 9.17) is 12.6 Å². The summed E-state index contributed by atoms with van der Waals surface area (Å²) in [5.41, 5.74) is -1.08. The van der Waals surface area contributed by atoms with Gasteiger partial charge in [-0.1, -0.05) is 29.5 Å². The van der Waals surface area contributed by atoms with Crippen LogP contribution in [0.25, 0.3) is 0 Å². The molecule has 1 nitrogen and oxygen atoms in total. The third-order valence-electron chi connectivity index (χ3n) is 3.44. The first-order valence-electron chi connectivity index (χ1n) is 4.94. The van der Waals surface area contributed by atoms with Crippen molar-refractivity contribution in [3.8, 4) is 0 Å². The first-order chi connectivity index (χ1) is 6.41. The zero-order chi connectivity index (χ0) is 10.6. The summed E-state index contributed by atoms with van der Waals surface area (Å²) in [5, 5.41) is -0.129. The molecular weight excluding hydrogens is 312 g/mol. The molecule has 78 valence electrons. The molecule has 0 N–H and O–H groups in total. The van der Waals surface area contributed by atoms with Crippen molar-refractivity contribution in [2.75, 3.05) is 0 Å². The Morgan fingerprint density at radius 3 is 2.86 bits per heavy atom. The first kappa shape index (κ1) is 11.6. The van der Waals surface area contributed by atoms with Gasteiger partial charge in [-0.3, -0.25) is 0 Å². The Labute approximate surface area is 102 Å². The quantitative estimate of drug-likeness (QED) is 0.311. The molecule has 0 aromatic carbocycles. The number of alkyl halides is 2. The second-order valence-corrected chi connectivity index (χ2v) is 6.99. The first-order valence-corrected chi connectivity index (χ1v) is 6.76. The molecule has 6 atom stereocenters. The average Bonchev–Trinajstić information content (AvgIpc) is 2.46. The van der Waals surface area contributed by atoms with Crippen LogP contribution in [-0.2, 0) is 4.74 Å². The Hall–Kier alpha value is 1.11. The van der Waals surface area contributed by atoms with Crippen molar-refractivity contribution in [1.82, 2.24) is 0 Å². The summed E-state index contributed by atoms with van der Waals surface area (Å²) in [4.78, 5) is 0. The van der Waals surface area contributed by atoms with Gasteiger partial charge in [0.25, 0.3) is 0 Å². The lowest BCUT2D eigenvalue weighted by atomic mass is 9.89. The molecule has 0 aromatic rings. The largest absolute Gasteiger partial charge is 0.383 e. The van der Waals surface area contributed by atoms with Gasteiger partial charge in [0.05, 0.1) is 10.0 Å². The van der Waals surface area contributed by atoms with Gasteiger partial charge in [0.1, 0.15) is 13.5 Å². The van der Waals surface area contributed by atoms with E-state index in [2.05, 4.69) is 31.8 Å². The van der Waals surface area contributed by atoms with E-state index in [9.17, 15) is 4.39 Å². The SMILES string of the molecule is [B][C@H]1C[C@@]2(P)C[C@](F)(CC)[C@@H](I)[C@H]2O1. The van der Waals surface area contributed by atoms with Gasteiger partial charge in [0, 0.05) is 11.2 Å². The van der Waals surface area contributed by atoms with Crippen LogP contribution in [0.4, 0.5) is 4.39 Å². The Bertz CT molecular complexity index is 257. The van der Waals surface area contributed by atoms with Crippen LogP contribution in [0.15, 0.2) is 0 Å². The number of hydrogen-bond donors (Lipinski definition) is 0. The molecule has 1 saturated heterocycles. The molecule has 0 amide bonds. The van der Waals surface area contributed by atoms with Crippen LogP contribution < -0.4 is 0 Å². The third-order valence-corrected chi connectivity index (χ3v) is 5.98. The minimum Gasteiger partial charge on any atom is -0.383 e. The van der Waals surface area contributed by atoms with E-state index in [-0.39, 0.29) is 21.2 Å². The molecule has 1 unspecified atom stereocenters. The van der Waals surface area contributed by atoms with Crippen molar-refractivity contribution in [3.63, 3.8) is 0 Å². The van der Waals surface area contributed by atoms with Crippen LogP contribution in [0.3, 0.4) is 0 Å². The summed E-state index contributed by atoms with van der Waals surface area (Å²) in [6, 6.07) is -0.212. The van der Waals surface area contributed by atoms with Crippen molar-refractivity contribution in [2.24, 2.45) is 0 Å². The monoisotopic (exact) mass is 326 g/mol. The number of hydrogen-bond acceptors (Lipinski definition) is 1. The molecule has 2 fully saturated rings. The second-order valence-electron chi connectivity index (χ2n) is 4.50. The lowest BCUT2D eigenvalue weighted by Gasteiger charge is -2.25. The number of ether oxygens (including phenoxy) is 1. The van der Waals surface area contributed by atoms with Gasteiger partial charge in [0.15, 0.2) is 0 Å². The standard InChI is InChI=1S/C9H14BFIOP/c1-2-8(11)4-9(14)3-5(10)13-7(9)6(8)12/h5-7H,2-4,14H2,1H3/t5-,6+,7-,8-,9-/m1/s1. The summed E-state index contributed by atoms with van der Waals surface area (Å²) in [7, 11) is 8.52. The van der Waals surface area contributed by atoms with Crippen molar-refractivity contribution in [1.29, 1.82) is 0 Å². The number of rotatable bonds is 1. The van der Waals surface area contributed by atoms with Crippen LogP contribution in [0.1, 0.15) is 26.2 Å². The predicted molar refractivity (Wildman–Crippen MR) is 68.0 cm³/mol. The van der Waals surface area contributed by atoms with Crippen molar-refractivity contribution in [3.05, 3.63) is 0 Å². The molecule has 0 bridgehead atoms. The molecule has 14 heavy (non-hydrogen) atoms. The van der Waals surface area contributed by atoms with Crippen LogP contribution in [0.5, 0.6) is 0 Å². The fourth-order valence-electron chi connectivity index (χ4n) is 2.63. The summed E-state index contributed by atoms with van der Waals surface area (Å²) in [5.74, 6) is 0. The molecule has 2 rings (SSSR count). The Morgan fingerprint density at radius 2 is 2.36 bits per heavy atom. The van der Waals surface area contributed by atoms with E-state index >= 15 is 0 Å². The highest BCUT2D eigenvalue weighted by Crippen LogP contribution is 2.57. The summed E-state index contributed by atoms with van der Waals surface area (Å²) < 4.78 is 19.9. The van der Waals surface area contributed by atoms with Crippen LogP contribution in [-0.4, -0.2) is 34.7 Å². The molecule has 5 heteroatoms. The molecule has 0 spiro atoms. The maximum absolute atomic E-state index is 14.4. The zero-order valence-electron chi connectivity index (χ0n) is 8.17. The maximum atomic E-state index is 14.4. The molecular formula is C9H14BFIOP. The zero-order valence-corrected chi connectivity index (χ0v) is 11.5. The molecule has 0 aromatic heterocycles. The van der Waals surface area contributed by atoms with E-state index in [1.165, 1.54) is 0 Å². The Morgan fingerprint density at radius 1 is 1.71 bits per heavy atom. The lowest BCUT2D eigenvalue weighted by Crippen LogP contribution is -2.34. The van der Waals surface area contributed by atoms with Gasteiger partial charge < -0.3 is 4.74 Å². The fraction of sp³-hybridized carbons (Fsp3) is 1.00. The van der Waals surface area contributed by atoms with Crippen LogP contribution in [0.2, 0.25) is 0 Å². The van der Waals surface area contributed by atoms with Crippen molar-refractivity contribution in [2.45, 2.75) is 53.0 Å². The molecule has 1 aliphatic carbocycles. The molecule has 1 aliphatic heterocycles. The van der Waals surface area contributed by atoms with Gasteiger partial charge in [0.2, 0.25) is 0 Å². The van der Waals surface area contributed by atoms with E-state index in [1.807, 2.05) is 6.92 Å². The van der Waals surface area contributed by atoms with E-state index in [1.54, 1.807) is 0 Å². The normalized spacial score (nSPS) is 57.6. The highest BCUT2D eigenvalue weighted by Gasteiger charge is 2.62. The predicted octanol–water partition coefficient (Wildman–Crippen LogP) is 2.21. The Balaban J connectivity index is 2.25. The highest BCUT2D eigenvalue weighted by molar-refractivity contribution is 14.1. The van der Waals surface area contributed by atoms with E-state index < -0.39 is 5.67 Å². The number of fused-ring (bicyclic) bond motifs is 1. The molecule has 1 heterocycles. The minimum atomic E-state index is -1.08. The minimum absolute atomic E-state index is 0.0342. The van der Waals surface area contributed by atoms with Crippen LogP contribution >= 0.6 is 31.8 Å². The van der Waals surface area contributed by atoms with Crippen molar-refractivity contribution < 1.29 is 9.13 Å². The summed E-state index contributed by atoms with van der Waals surface area (Å²) >= 11 is 2.18. The third kappa shape index (κ3) is 1.56. The van der Waals surface area contributed by atoms with Gasteiger partial charge in [-0.05, 0) is 19.3 Å². The summed E-state index contributed by atoms with van der Waals surface area (Å²) in [6.45, 7) is 1.90. The second kappa shape index (κ2) is 3.56. The number of halogens is 2.